The molecule has 0 amide bonds. The van der Waals surface area contributed by atoms with Crippen molar-refractivity contribution in [2.45, 2.75) is 32.4 Å². The minimum atomic E-state index is 0.257. The van der Waals surface area contributed by atoms with Crippen LogP contribution in [0.3, 0.4) is 0 Å². The van der Waals surface area contributed by atoms with Crippen molar-refractivity contribution in [3.8, 4) is 5.75 Å². The lowest BCUT2D eigenvalue weighted by atomic mass is 10.1. The summed E-state index contributed by atoms with van der Waals surface area (Å²) in [6, 6.07) is 8.33. The molecule has 0 aliphatic carbocycles. The van der Waals surface area contributed by atoms with Crippen LogP contribution >= 0.6 is 0 Å². The zero-order valence-corrected chi connectivity index (χ0v) is 12.2. The molecule has 21 heavy (non-hydrogen) atoms. The third-order valence-electron chi connectivity index (χ3n) is 3.76. The molecular formula is C15H20N4O2. The SMILES string of the molecule is Cc1nonc1COc1cccc(N2CCCC(N)C2)c1. The molecule has 2 heterocycles. The second-order valence-corrected chi connectivity index (χ2v) is 5.43. The highest BCUT2D eigenvalue weighted by molar-refractivity contribution is 5.51. The molecule has 112 valence electrons. The van der Waals surface area contributed by atoms with Crippen molar-refractivity contribution in [2.75, 3.05) is 18.0 Å². The van der Waals surface area contributed by atoms with E-state index in [1.807, 2.05) is 25.1 Å². The fraction of sp³-hybridized carbons (Fsp3) is 0.467. The molecule has 3 rings (SSSR count). The summed E-state index contributed by atoms with van der Waals surface area (Å²) >= 11 is 0. The number of benzene rings is 1. The first kappa shape index (κ1) is 13.9. The summed E-state index contributed by atoms with van der Waals surface area (Å²) in [6.07, 6.45) is 2.24. The number of nitrogens with zero attached hydrogens (tertiary/aromatic N) is 3. The van der Waals surface area contributed by atoms with Crippen molar-refractivity contribution in [1.29, 1.82) is 0 Å². The Hall–Kier alpha value is -2.08. The normalized spacial score (nSPS) is 18.8. The average molecular weight is 288 g/mol. The summed E-state index contributed by atoms with van der Waals surface area (Å²) in [7, 11) is 0. The number of aryl methyl sites for hydroxylation is 1. The van der Waals surface area contributed by atoms with Gasteiger partial charge in [0.1, 0.15) is 23.7 Å². The van der Waals surface area contributed by atoms with Crippen molar-refractivity contribution >= 4 is 5.69 Å². The van der Waals surface area contributed by atoms with E-state index in [9.17, 15) is 0 Å². The maximum atomic E-state index is 6.04. The molecule has 0 spiro atoms. The molecule has 6 heteroatoms. The molecule has 2 N–H and O–H groups in total. The molecule has 1 aromatic carbocycles. The van der Waals surface area contributed by atoms with Crippen LogP contribution < -0.4 is 15.4 Å². The number of rotatable bonds is 4. The lowest BCUT2D eigenvalue weighted by Gasteiger charge is -2.32. The van der Waals surface area contributed by atoms with Crippen LogP contribution in [0, 0.1) is 6.92 Å². The van der Waals surface area contributed by atoms with Crippen molar-refractivity contribution in [3.05, 3.63) is 35.7 Å². The van der Waals surface area contributed by atoms with Gasteiger partial charge in [0, 0.05) is 30.9 Å². The van der Waals surface area contributed by atoms with Gasteiger partial charge >= 0.3 is 0 Å². The van der Waals surface area contributed by atoms with Gasteiger partial charge in [-0.25, -0.2) is 4.63 Å². The molecule has 1 saturated heterocycles. The zero-order chi connectivity index (χ0) is 14.7. The molecule has 1 aliphatic heterocycles. The summed E-state index contributed by atoms with van der Waals surface area (Å²) in [5, 5.41) is 7.55. The van der Waals surface area contributed by atoms with Crippen molar-refractivity contribution in [2.24, 2.45) is 5.73 Å². The zero-order valence-electron chi connectivity index (χ0n) is 12.2. The molecule has 6 nitrogen and oxygen atoms in total. The summed E-state index contributed by atoms with van der Waals surface area (Å²) in [6.45, 7) is 4.15. The Labute approximate surface area is 123 Å². The average Bonchev–Trinajstić information content (AvgIpc) is 2.91. The Morgan fingerprint density at radius 1 is 1.43 bits per heavy atom. The molecule has 1 atom stereocenters. The first-order valence-electron chi connectivity index (χ1n) is 7.24. The van der Waals surface area contributed by atoms with E-state index >= 15 is 0 Å². The molecule has 2 aromatic rings. The minimum absolute atomic E-state index is 0.257. The van der Waals surface area contributed by atoms with E-state index in [4.69, 9.17) is 10.5 Å². The van der Waals surface area contributed by atoms with Gasteiger partial charge in [0.2, 0.25) is 0 Å². The van der Waals surface area contributed by atoms with Crippen LogP contribution in [0.1, 0.15) is 24.2 Å². The van der Waals surface area contributed by atoms with Crippen LogP contribution in [0.5, 0.6) is 5.75 Å². The highest BCUT2D eigenvalue weighted by Gasteiger charge is 2.17. The Kier molecular flexibility index (Phi) is 4.06. The lowest BCUT2D eigenvalue weighted by Crippen LogP contribution is -2.42. The van der Waals surface area contributed by atoms with E-state index in [1.54, 1.807) is 0 Å². The number of piperidine rings is 1. The van der Waals surface area contributed by atoms with Gasteiger partial charge in [-0.1, -0.05) is 16.4 Å². The number of aromatic nitrogens is 2. The van der Waals surface area contributed by atoms with Gasteiger partial charge in [0.15, 0.2) is 0 Å². The van der Waals surface area contributed by atoms with Gasteiger partial charge in [0.25, 0.3) is 0 Å². The molecule has 0 bridgehead atoms. The predicted molar refractivity (Wildman–Crippen MR) is 79.2 cm³/mol. The molecule has 1 aromatic heterocycles. The molecule has 1 aliphatic rings. The maximum absolute atomic E-state index is 6.04. The Balaban J connectivity index is 1.67. The summed E-state index contributed by atoms with van der Waals surface area (Å²) in [5.41, 5.74) is 8.67. The number of ether oxygens (including phenoxy) is 1. The lowest BCUT2D eigenvalue weighted by molar-refractivity contribution is 0.270. The fourth-order valence-electron chi connectivity index (χ4n) is 2.55. The van der Waals surface area contributed by atoms with Gasteiger partial charge in [0.05, 0.1) is 0 Å². The smallest absolute Gasteiger partial charge is 0.145 e. The first-order valence-corrected chi connectivity index (χ1v) is 7.24. The van der Waals surface area contributed by atoms with E-state index in [1.165, 1.54) is 0 Å². The second-order valence-electron chi connectivity index (χ2n) is 5.43. The number of nitrogens with two attached hydrogens (primary N) is 1. The topological polar surface area (TPSA) is 77.4 Å². The van der Waals surface area contributed by atoms with Gasteiger partial charge in [-0.3, -0.25) is 0 Å². The van der Waals surface area contributed by atoms with Crippen LogP contribution in [0.15, 0.2) is 28.9 Å². The molecule has 1 fully saturated rings. The highest BCUT2D eigenvalue weighted by Crippen LogP contribution is 2.24. The largest absolute Gasteiger partial charge is 0.487 e. The van der Waals surface area contributed by atoms with Crippen LogP contribution in [0.25, 0.3) is 0 Å². The van der Waals surface area contributed by atoms with Crippen LogP contribution in [-0.2, 0) is 6.61 Å². The van der Waals surface area contributed by atoms with E-state index in [2.05, 4.69) is 25.9 Å². The van der Waals surface area contributed by atoms with E-state index in [0.717, 1.165) is 48.8 Å². The minimum Gasteiger partial charge on any atom is -0.487 e. The van der Waals surface area contributed by atoms with Gasteiger partial charge < -0.3 is 15.4 Å². The second kappa shape index (κ2) is 6.13. The Morgan fingerprint density at radius 2 is 2.33 bits per heavy atom. The third kappa shape index (κ3) is 3.33. The summed E-state index contributed by atoms with van der Waals surface area (Å²) in [5.74, 6) is 0.814. The van der Waals surface area contributed by atoms with Crippen molar-refractivity contribution in [1.82, 2.24) is 10.3 Å². The highest BCUT2D eigenvalue weighted by atomic mass is 16.6. The maximum Gasteiger partial charge on any atom is 0.145 e. The Morgan fingerprint density at radius 3 is 3.10 bits per heavy atom. The fourth-order valence-corrected chi connectivity index (χ4v) is 2.55. The van der Waals surface area contributed by atoms with Gasteiger partial charge in [-0.2, -0.15) is 0 Å². The molecular weight excluding hydrogens is 268 g/mol. The summed E-state index contributed by atoms with van der Waals surface area (Å²) in [4.78, 5) is 2.31. The number of hydrogen-bond acceptors (Lipinski definition) is 6. The van der Waals surface area contributed by atoms with Gasteiger partial charge in [-0.05, 0) is 31.9 Å². The van der Waals surface area contributed by atoms with Gasteiger partial charge in [-0.15, -0.1) is 0 Å². The standard InChI is InChI=1S/C15H20N4O2/c1-11-15(18-21-17-11)10-20-14-6-2-5-13(8-14)19-7-3-4-12(16)9-19/h2,5-6,8,12H,3-4,7,9-10,16H2,1H3. The van der Waals surface area contributed by atoms with E-state index in [-0.39, 0.29) is 6.04 Å². The predicted octanol–water partition coefficient (Wildman–Crippen LogP) is 1.88. The molecule has 0 saturated carbocycles. The van der Waals surface area contributed by atoms with Crippen molar-refractivity contribution in [3.63, 3.8) is 0 Å². The van der Waals surface area contributed by atoms with E-state index < -0.39 is 0 Å². The van der Waals surface area contributed by atoms with Crippen molar-refractivity contribution < 1.29 is 9.37 Å². The number of anilines is 1. The molecule has 0 radical (unpaired) electrons. The first-order chi connectivity index (χ1) is 10.2. The quantitative estimate of drug-likeness (QED) is 0.925. The summed E-state index contributed by atoms with van der Waals surface area (Å²) < 4.78 is 10.4. The van der Waals surface area contributed by atoms with Crippen LogP contribution in [0.4, 0.5) is 5.69 Å². The number of hydrogen-bond donors (Lipinski definition) is 1. The Bertz CT molecular complexity index is 599. The molecule has 1 unspecified atom stereocenters. The van der Waals surface area contributed by atoms with E-state index in [0.29, 0.717) is 6.61 Å². The monoisotopic (exact) mass is 288 g/mol. The van der Waals surface area contributed by atoms with Crippen LogP contribution in [0.2, 0.25) is 0 Å². The van der Waals surface area contributed by atoms with Crippen LogP contribution in [-0.4, -0.2) is 29.4 Å². The third-order valence-corrected chi connectivity index (χ3v) is 3.76.